The van der Waals surface area contributed by atoms with Gasteiger partial charge in [0.15, 0.2) is 0 Å². The molecule has 0 bridgehead atoms. The van der Waals surface area contributed by atoms with E-state index in [0.717, 1.165) is 32.2 Å². The van der Waals surface area contributed by atoms with E-state index in [9.17, 15) is 4.79 Å². The molecular formula is C21H25NO2. The zero-order chi connectivity index (χ0) is 16.9. The number of carboxylic acid groups (broad SMARTS) is 1. The second-order valence-corrected chi connectivity index (χ2v) is 6.83. The first-order chi connectivity index (χ1) is 11.6. The highest BCUT2D eigenvalue weighted by molar-refractivity contribution is 5.70. The van der Waals surface area contributed by atoms with E-state index in [1.165, 1.54) is 22.3 Å². The van der Waals surface area contributed by atoms with Crippen molar-refractivity contribution < 1.29 is 9.90 Å². The van der Waals surface area contributed by atoms with Crippen LogP contribution in [0.2, 0.25) is 0 Å². The number of hydrogen-bond donors (Lipinski definition) is 2. The molecule has 1 aliphatic rings. The van der Waals surface area contributed by atoms with E-state index >= 15 is 0 Å². The van der Waals surface area contributed by atoms with Crippen LogP contribution in [-0.2, 0) is 11.3 Å². The van der Waals surface area contributed by atoms with Gasteiger partial charge in [-0.05, 0) is 55.4 Å². The van der Waals surface area contributed by atoms with Crippen LogP contribution in [0.15, 0.2) is 48.5 Å². The summed E-state index contributed by atoms with van der Waals surface area (Å²) in [5.41, 5.74) is 5.02. The van der Waals surface area contributed by atoms with E-state index in [4.69, 9.17) is 5.11 Å². The highest BCUT2D eigenvalue weighted by Gasteiger charge is 2.25. The van der Waals surface area contributed by atoms with Crippen LogP contribution >= 0.6 is 0 Å². The molecule has 0 radical (unpaired) electrons. The first-order valence-corrected chi connectivity index (χ1v) is 8.74. The van der Waals surface area contributed by atoms with Gasteiger partial charge in [-0.25, -0.2) is 0 Å². The Morgan fingerprint density at radius 3 is 2.42 bits per heavy atom. The molecule has 0 spiro atoms. The lowest BCUT2D eigenvalue weighted by molar-refractivity contribution is -0.142. The first-order valence-electron chi connectivity index (χ1n) is 8.74. The van der Waals surface area contributed by atoms with Crippen LogP contribution in [-0.4, -0.2) is 17.1 Å². The van der Waals surface area contributed by atoms with Crippen LogP contribution in [0.3, 0.4) is 0 Å². The predicted molar refractivity (Wildman–Crippen MR) is 96.8 cm³/mol. The third-order valence-corrected chi connectivity index (χ3v) is 4.98. The van der Waals surface area contributed by atoms with Gasteiger partial charge in [0, 0.05) is 12.6 Å². The lowest BCUT2D eigenvalue weighted by atomic mass is 9.86. The number of nitrogens with one attached hydrogen (secondary N) is 1. The van der Waals surface area contributed by atoms with Crippen molar-refractivity contribution in [1.29, 1.82) is 0 Å². The second kappa shape index (κ2) is 7.63. The average Bonchev–Trinajstić information content (AvgIpc) is 2.61. The van der Waals surface area contributed by atoms with E-state index in [1.54, 1.807) is 0 Å². The molecule has 0 amide bonds. The molecule has 0 heterocycles. The maximum atomic E-state index is 11.0. The minimum absolute atomic E-state index is 0.145. The molecule has 2 N–H and O–H groups in total. The molecule has 0 atom stereocenters. The molecule has 3 heteroatoms. The Morgan fingerprint density at radius 2 is 1.75 bits per heavy atom. The van der Waals surface area contributed by atoms with Crippen LogP contribution in [0.4, 0.5) is 0 Å². The molecule has 0 aliphatic heterocycles. The molecule has 3 nitrogen and oxygen atoms in total. The number of benzene rings is 2. The Labute approximate surface area is 143 Å². The predicted octanol–water partition coefficient (Wildman–Crippen LogP) is 4.40. The standard InChI is InChI=1S/C21H25NO2/c1-15-5-7-17(8-6-15)19-4-2-3-16(13-19)14-22-20-11-9-18(10-12-20)21(23)24/h2-8,13,18,20,22H,9-12,14H2,1H3,(H,23,24). The summed E-state index contributed by atoms with van der Waals surface area (Å²) < 4.78 is 0. The Morgan fingerprint density at radius 1 is 1.04 bits per heavy atom. The van der Waals surface area contributed by atoms with Crippen LogP contribution in [0.25, 0.3) is 11.1 Å². The lowest BCUT2D eigenvalue weighted by Gasteiger charge is -2.27. The number of hydrogen-bond acceptors (Lipinski definition) is 2. The molecule has 2 aromatic rings. The van der Waals surface area contributed by atoms with Gasteiger partial charge >= 0.3 is 5.97 Å². The van der Waals surface area contributed by atoms with Crippen molar-refractivity contribution >= 4 is 5.97 Å². The summed E-state index contributed by atoms with van der Waals surface area (Å²) in [6.07, 6.45) is 3.48. The summed E-state index contributed by atoms with van der Waals surface area (Å²) in [6, 6.07) is 17.7. The SMILES string of the molecule is Cc1ccc(-c2cccc(CNC3CCC(C(=O)O)CC3)c2)cc1. The average molecular weight is 323 g/mol. The Bertz CT molecular complexity index is 685. The van der Waals surface area contributed by atoms with Gasteiger partial charge in [-0.1, -0.05) is 48.0 Å². The number of rotatable bonds is 5. The lowest BCUT2D eigenvalue weighted by Crippen LogP contribution is -2.34. The summed E-state index contributed by atoms with van der Waals surface area (Å²) in [6.45, 7) is 2.94. The van der Waals surface area contributed by atoms with Crippen LogP contribution < -0.4 is 5.32 Å². The van der Waals surface area contributed by atoms with Crippen LogP contribution in [0.1, 0.15) is 36.8 Å². The van der Waals surface area contributed by atoms with Gasteiger partial charge in [0.25, 0.3) is 0 Å². The van der Waals surface area contributed by atoms with E-state index in [1.807, 2.05) is 0 Å². The first kappa shape index (κ1) is 16.7. The van der Waals surface area contributed by atoms with Gasteiger partial charge in [0.05, 0.1) is 5.92 Å². The summed E-state index contributed by atoms with van der Waals surface area (Å²) >= 11 is 0. The normalized spacial score (nSPS) is 20.7. The maximum absolute atomic E-state index is 11.0. The third kappa shape index (κ3) is 4.24. The number of carboxylic acids is 1. The third-order valence-electron chi connectivity index (χ3n) is 4.98. The van der Waals surface area contributed by atoms with Crippen LogP contribution in [0, 0.1) is 12.8 Å². The van der Waals surface area contributed by atoms with Gasteiger partial charge in [0.1, 0.15) is 0 Å². The monoisotopic (exact) mass is 323 g/mol. The quantitative estimate of drug-likeness (QED) is 0.857. The van der Waals surface area contributed by atoms with Crippen molar-refractivity contribution in [1.82, 2.24) is 5.32 Å². The zero-order valence-electron chi connectivity index (χ0n) is 14.2. The molecule has 1 saturated carbocycles. The smallest absolute Gasteiger partial charge is 0.306 e. The fourth-order valence-electron chi connectivity index (χ4n) is 3.41. The highest BCUT2D eigenvalue weighted by Crippen LogP contribution is 2.25. The largest absolute Gasteiger partial charge is 0.481 e. The van der Waals surface area contributed by atoms with Gasteiger partial charge < -0.3 is 10.4 Å². The minimum atomic E-state index is -0.640. The fourth-order valence-corrected chi connectivity index (χ4v) is 3.41. The molecule has 0 saturated heterocycles. The van der Waals surface area contributed by atoms with Crippen molar-refractivity contribution in [2.45, 2.75) is 45.2 Å². The minimum Gasteiger partial charge on any atom is -0.481 e. The number of aliphatic carboxylic acids is 1. The summed E-state index contributed by atoms with van der Waals surface area (Å²) in [4.78, 5) is 11.0. The Kier molecular flexibility index (Phi) is 5.31. The number of carbonyl (C=O) groups is 1. The fraction of sp³-hybridized carbons (Fsp3) is 0.381. The Balaban J connectivity index is 1.57. The van der Waals surface area contributed by atoms with E-state index in [-0.39, 0.29) is 5.92 Å². The van der Waals surface area contributed by atoms with Crippen molar-refractivity contribution in [2.75, 3.05) is 0 Å². The van der Waals surface area contributed by atoms with Crippen molar-refractivity contribution in [3.8, 4) is 11.1 Å². The van der Waals surface area contributed by atoms with Crippen molar-refractivity contribution in [3.05, 3.63) is 59.7 Å². The molecule has 126 valence electrons. The topological polar surface area (TPSA) is 49.3 Å². The second-order valence-electron chi connectivity index (χ2n) is 6.83. The molecule has 1 aliphatic carbocycles. The molecule has 0 aromatic heterocycles. The van der Waals surface area contributed by atoms with Gasteiger partial charge in [0.2, 0.25) is 0 Å². The van der Waals surface area contributed by atoms with Crippen molar-refractivity contribution in [2.24, 2.45) is 5.92 Å². The summed E-state index contributed by atoms with van der Waals surface area (Å²) in [5, 5.41) is 12.7. The summed E-state index contributed by atoms with van der Waals surface area (Å²) in [7, 11) is 0. The highest BCUT2D eigenvalue weighted by atomic mass is 16.4. The molecule has 2 aromatic carbocycles. The Hall–Kier alpha value is -2.13. The van der Waals surface area contributed by atoms with Gasteiger partial charge in [-0.15, -0.1) is 0 Å². The van der Waals surface area contributed by atoms with Crippen LogP contribution in [0.5, 0.6) is 0 Å². The zero-order valence-corrected chi connectivity index (χ0v) is 14.2. The van der Waals surface area contributed by atoms with Gasteiger partial charge in [-0.3, -0.25) is 4.79 Å². The number of aryl methyl sites for hydroxylation is 1. The molecule has 1 fully saturated rings. The van der Waals surface area contributed by atoms with Gasteiger partial charge in [-0.2, -0.15) is 0 Å². The molecule has 3 rings (SSSR count). The van der Waals surface area contributed by atoms with E-state index < -0.39 is 5.97 Å². The van der Waals surface area contributed by atoms with E-state index in [2.05, 4.69) is 60.8 Å². The van der Waals surface area contributed by atoms with E-state index in [0.29, 0.717) is 6.04 Å². The molecular weight excluding hydrogens is 298 g/mol. The summed E-state index contributed by atoms with van der Waals surface area (Å²) in [5.74, 6) is -0.785. The molecule has 24 heavy (non-hydrogen) atoms. The van der Waals surface area contributed by atoms with Crippen molar-refractivity contribution in [3.63, 3.8) is 0 Å². The molecule has 0 unspecified atom stereocenters. The maximum Gasteiger partial charge on any atom is 0.306 e.